The fraction of sp³-hybridized carbons (Fsp3) is 0.533. The first kappa shape index (κ1) is 13.2. The van der Waals surface area contributed by atoms with Crippen LogP contribution in [0.3, 0.4) is 0 Å². The van der Waals surface area contributed by atoms with Crippen LogP contribution in [0, 0.1) is 5.41 Å². The zero-order valence-corrected chi connectivity index (χ0v) is 12.8. The average Bonchev–Trinajstić information content (AvgIpc) is 2.39. The van der Waals surface area contributed by atoms with Gasteiger partial charge in [0.15, 0.2) is 0 Å². The molecule has 2 fully saturated rings. The van der Waals surface area contributed by atoms with Gasteiger partial charge in [0.05, 0.1) is 12.2 Å². The topological polar surface area (TPSA) is 36.0 Å². The van der Waals surface area contributed by atoms with Crippen LogP contribution in [-0.2, 0) is 0 Å². The van der Waals surface area contributed by atoms with Crippen molar-refractivity contribution in [3.63, 3.8) is 0 Å². The second-order valence-corrected chi connectivity index (χ2v) is 6.86. The molecule has 0 bridgehead atoms. The summed E-state index contributed by atoms with van der Waals surface area (Å²) >= 11 is 5.98. The zero-order valence-electron chi connectivity index (χ0n) is 12.0. The number of benzene rings is 1. The first-order valence-corrected chi connectivity index (χ1v) is 7.62. The third kappa shape index (κ3) is 2.07. The van der Waals surface area contributed by atoms with Gasteiger partial charge < -0.3 is 14.5 Å². The summed E-state index contributed by atoms with van der Waals surface area (Å²) in [6, 6.07) is 5.52. The molecule has 0 radical (unpaired) electrons. The van der Waals surface area contributed by atoms with Crippen LogP contribution in [0.2, 0.25) is 5.02 Å². The monoisotopic (exact) mass is 307 g/mol. The molecule has 1 aromatic rings. The molecule has 1 aromatic carbocycles. The van der Waals surface area contributed by atoms with Gasteiger partial charge in [0, 0.05) is 42.7 Å². The van der Waals surface area contributed by atoms with Gasteiger partial charge in [0.2, 0.25) is 0 Å². The van der Waals surface area contributed by atoms with E-state index < -0.39 is 0 Å². The number of carbonyl (C=O) groups excluding carboxylic acids is 1. The summed E-state index contributed by atoms with van der Waals surface area (Å²) in [4.78, 5) is 18.7. The van der Waals surface area contributed by atoms with E-state index in [1.54, 1.807) is 12.1 Å². The van der Waals surface area contributed by atoms with Gasteiger partial charge >= 0.3 is 6.03 Å². The largest absolute Gasteiger partial charge is 0.489 e. The van der Waals surface area contributed by atoms with Gasteiger partial charge in [-0.15, -0.1) is 0 Å². The number of halogens is 1. The quantitative estimate of drug-likeness (QED) is 0.734. The molecule has 0 aromatic heterocycles. The molecule has 0 saturated carbocycles. The SMILES string of the molecule is CN1CC2(C1)CN(C(=O)N1CCOc3cc(Cl)ccc31)C2. The van der Waals surface area contributed by atoms with Crippen molar-refractivity contribution in [3.8, 4) is 5.75 Å². The van der Waals surface area contributed by atoms with E-state index in [9.17, 15) is 4.79 Å². The van der Waals surface area contributed by atoms with Crippen molar-refractivity contribution in [2.24, 2.45) is 5.41 Å². The highest BCUT2D eigenvalue weighted by Crippen LogP contribution is 2.41. The van der Waals surface area contributed by atoms with E-state index >= 15 is 0 Å². The number of hydrogen-bond acceptors (Lipinski definition) is 3. The van der Waals surface area contributed by atoms with Crippen molar-refractivity contribution in [2.45, 2.75) is 0 Å². The van der Waals surface area contributed by atoms with Gasteiger partial charge in [-0.2, -0.15) is 0 Å². The maximum atomic E-state index is 12.7. The Morgan fingerprint density at radius 2 is 2.05 bits per heavy atom. The Kier molecular flexibility index (Phi) is 2.84. The standard InChI is InChI=1S/C15H18ClN3O2/c1-17-7-15(8-17)9-18(10-15)14(20)19-4-5-21-13-6-11(16)2-3-12(13)19/h2-3,6H,4-5,7-10H2,1H3. The first-order chi connectivity index (χ1) is 10.1. The maximum absolute atomic E-state index is 12.7. The van der Waals surface area contributed by atoms with Crippen molar-refractivity contribution < 1.29 is 9.53 Å². The second-order valence-electron chi connectivity index (χ2n) is 6.42. The van der Waals surface area contributed by atoms with E-state index in [1.807, 2.05) is 15.9 Å². The smallest absolute Gasteiger partial charge is 0.324 e. The summed E-state index contributed by atoms with van der Waals surface area (Å²) in [5.74, 6) is 0.695. The Bertz CT molecular complexity index is 593. The molecule has 0 atom stereocenters. The number of hydrogen-bond donors (Lipinski definition) is 0. The van der Waals surface area contributed by atoms with E-state index in [4.69, 9.17) is 16.3 Å². The molecule has 0 unspecified atom stereocenters. The summed E-state index contributed by atoms with van der Waals surface area (Å²) < 4.78 is 5.60. The molecule has 6 heteroatoms. The number of rotatable bonds is 0. The number of nitrogens with zero attached hydrogens (tertiary/aromatic N) is 3. The van der Waals surface area contributed by atoms with Gasteiger partial charge in [-0.1, -0.05) is 11.6 Å². The van der Waals surface area contributed by atoms with Crippen LogP contribution in [0.4, 0.5) is 10.5 Å². The van der Waals surface area contributed by atoms with Gasteiger partial charge in [0.25, 0.3) is 0 Å². The number of anilines is 1. The number of carbonyl (C=O) groups is 1. The van der Waals surface area contributed by atoms with E-state index in [-0.39, 0.29) is 6.03 Å². The normalized spacial score (nSPS) is 23.1. The molecule has 1 spiro atoms. The van der Waals surface area contributed by atoms with Crippen LogP contribution in [0.5, 0.6) is 5.75 Å². The minimum Gasteiger partial charge on any atom is -0.489 e. The third-order valence-electron chi connectivity index (χ3n) is 4.55. The fourth-order valence-corrected chi connectivity index (χ4v) is 3.92. The molecule has 2 amide bonds. The average molecular weight is 308 g/mol. The number of ether oxygens (including phenoxy) is 1. The highest BCUT2D eigenvalue weighted by molar-refractivity contribution is 6.30. The Morgan fingerprint density at radius 1 is 1.29 bits per heavy atom. The van der Waals surface area contributed by atoms with Gasteiger partial charge in [0.1, 0.15) is 12.4 Å². The van der Waals surface area contributed by atoms with Crippen molar-refractivity contribution in [1.82, 2.24) is 9.80 Å². The molecule has 3 heterocycles. The minimum atomic E-state index is 0.0852. The molecular formula is C15H18ClN3O2. The Balaban J connectivity index is 1.49. The van der Waals surface area contributed by atoms with Crippen LogP contribution in [0.25, 0.3) is 0 Å². The van der Waals surface area contributed by atoms with Crippen LogP contribution in [0.1, 0.15) is 0 Å². The predicted octanol–water partition coefficient (Wildman–Crippen LogP) is 1.91. The summed E-state index contributed by atoms with van der Waals surface area (Å²) in [6.07, 6.45) is 0. The molecule has 3 aliphatic rings. The van der Waals surface area contributed by atoms with E-state index in [0.717, 1.165) is 31.9 Å². The second kappa shape index (κ2) is 4.52. The lowest BCUT2D eigenvalue weighted by Crippen LogP contribution is -2.73. The summed E-state index contributed by atoms with van der Waals surface area (Å²) in [5.41, 5.74) is 1.18. The Morgan fingerprint density at radius 3 is 2.76 bits per heavy atom. The number of amides is 2. The van der Waals surface area contributed by atoms with Gasteiger partial charge in [-0.3, -0.25) is 4.90 Å². The summed E-state index contributed by atoms with van der Waals surface area (Å²) in [7, 11) is 2.12. The lowest BCUT2D eigenvalue weighted by Gasteiger charge is -2.59. The molecule has 21 heavy (non-hydrogen) atoms. The number of urea groups is 1. The predicted molar refractivity (Wildman–Crippen MR) is 81.2 cm³/mol. The summed E-state index contributed by atoms with van der Waals surface area (Å²) in [6.45, 7) is 5.06. The van der Waals surface area contributed by atoms with Crippen molar-refractivity contribution >= 4 is 23.3 Å². The number of fused-ring (bicyclic) bond motifs is 1. The molecule has 112 valence electrons. The summed E-state index contributed by atoms with van der Waals surface area (Å²) in [5, 5.41) is 0.628. The fourth-order valence-electron chi connectivity index (χ4n) is 3.76. The highest BCUT2D eigenvalue weighted by Gasteiger charge is 2.52. The van der Waals surface area contributed by atoms with Crippen LogP contribution >= 0.6 is 11.6 Å². The highest BCUT2D eigenvalue weighted by atomic mass is 35.5. The van der Waals surface area contributed by atoms with Gasteiger partial charge in [-0.05, 0) is 19.2 Å². The zero-order chi connectivity index (χ0) is 14.6. The van der Waals surface area contributed by atoms with Crippen LogP contribution < -0.4 is 9.64 Å². The molecule has 0 N–H and O–H groups in total. The van der Waals surface area contributed by atoms with Crippen molar-refractivity contribution in [2.75, 3.05) is 51.3 Å². The van der Waals surface area contributed by atoms with Crippen molar-refractivity contribution in [3.05, 3.63) is 23.2 Å². The third-order valence-corrected chi connectivity index (χ3v) is 4.78. The number of likely N-dealkylation sites (tertiary alicyclic amines) is 2. The van der Waals surface area contributed by atoms with E-state index in [1.165, 1.54) is 0 Å². The molecule has 2 saturated heterocycles. The Hall–Kier alpha value is -1.46. The van der Waals surface area contributed by atoms with E-state index in [2.05, 4.69) is 11.9 Å². The lowest BCUT2D eigenvalue weighted by atomic mass is 9.73. The van der Waals surface area contributed by atoms with Crippen molar-refractivity contribution in [1.29, 1.82) is 0 Å². The molecule has 0 aliphatic carbocycles. The van der Waals surface area contributed by atoms with Gasteiger partial charge in [-0.25, -0.2) is 4.79 Å². The lowest BCUT2D eigenvalue weighted by molar-refractivity contribution is -0.0818. The van der Waals surface area contributed by atoms with Crippen LogP contribution in [-0.4, -0.2) is 62.2 Å². The molecular weight excluding hydrogens is 290 g/mol. The molecule has 5 nitrogen and oxygen atoms in total. The van der Waals surface area contributed by atoms with Crippen LogP contribution in [0.15, 0.2) is 18.2 Å². The maximum Gasteiger partial charge on any atom is 0.324 e. The van der Waals surface area contributed by atoms with E-state index in [0.29, 0.717) is 29.3 Å². The molecule has 3 aliphatic heterocycles. The Labute approximate surface area is 129 Å². The minimum absolute atomic E-state index is 0.0852. The molecule has 4 rings (SSSR count). The first-order valence-electron chi connectivity index (χ1n) is 7.24.